The second-order valence-corrected chi connectivity index (χ2v) is 21.9. The van der Waals surface area contributed by atoms with Gasteiger partial charge in [-0.3, -0.25) is 19.4 Å². The first-order valence-corrected chi connectivity index (χ1v) is 22.4. The molecule has 5 aliphatic carbocycles. The first-order chi connectivity index (χ1) is 26.7. The van der Waals surface area contributed by atoms with Gasteiger partial charge in [0, 0.05) is 24.9 Å². The molecule has 0 bridgehead atoms. The Bertz CT molecular complexity index is 1700. The third-order valence-electron chi connectivity index (χ3n) is 17.9. The zero-order valence-electron chi connectivity index (χ0n) is 36.5. The molecule has 57 heavy (non-hydrogen) atoms. The molecule has 2 heterocycles. The van der Waals surface area contributed by atoms with Crippen LogP contribution in [0.4, 0.5) is 5.69 Å². The quantitative estimate of drug-likeness (QED) is 0.168. The molecule has 0 spiro atoms. The van der Waals surface area contributed by atoms with Gasteiger partial charge in [0.2, 0.25) is 5.91 Å². The van der Waals surface area contributed by atoms with E-state index in [2.05, 4.69) is 64.4 Å². The summed E-state index contributed by atoms with van der Waals surface area (Å²) in [5.74, 6) is 1.49. The van der Waals surface area contributed by atoms with Crippen LogP contribution in [0.2, 0.25) is 0 Å². The van der Waals surface area contributed by atoms with Crippen LogP contribution in [-0.4, -0.2) is 60.3 Å². The summed E-state index contributed by atoms with van der Waals surface area (Å²) in [6, 6.07) is 4.16. The maximum absolute atomic E-state index is 14.0. The van der Waals surface area contributed by atoms with Crippen LogP contribution in [0.1, 0.15) is 145 Å². The maximum Gasteiger partial charge on any atom is 0.306 e. The summed E-state index contributed by atoms with van der Waals surface area (Å²) in [5.41, 5.74) is 2.96. The van der Waals surface area contributed by atoms with E-state index in [4.69, 9.17) is 14.5 Å². The van der Waals surface area contributed by atoms with E-state index in [9.17, 15) is 19.5 Å². The number of hydrogen-bond donors (Lipinski definition) is 2. The van der Waals surface area contributed by atoms with Gasteiger partial charge in [0.15, 0.2) is 0 Å². The summed E-state index contributed by atoms with van der Waals surface area (Å²) in [6.07, 6.45) is 13.5. The summed E-state index contributed by atoms with van der Waals surface area (Å²) in [7, 11) is 0. The smallest absolute Gasteiger partial charge is 0.306 e. The van der Waals surface area contributed by atoms with Crippen LogP contribution in [0.25, 0.3) is 0 Å². The first-order valence-electron chi connectivity index (χ1n) is 22.4. The topological polar surface area (TPSA) is 118 Å². The fourth-order valence-corrected chi connectivity index (χ4v) is 14.9. The van der Waals surface area contributed by atoms with Crippen molar-refractivity contribution in [3.05, 3.63) is 36.2 Å². The van der Waals surface area contributed by atoms with E-state index in [1.54, 1.807) is 0 Å². The highest BCUT2D eigenvalue weighted by Crippen LogP contribution is 2.78. The molecule has 9 heteroatoms. The largest absolute Gasteiger partial charge is 0.481 e. The van der Waals surface area contributed by atoms with Gasteiger partial charge in [-0.05, 0) is 140 Å². The predicted molar refractivity (Wildman–Crippen MR) is 223 cm³/mol. The van der Waals surface area contributed by atoms with Crippen LogP contribution in [0.15, 0.2) is 30.5 Å². The molecule has 10 atom stereocenters. The van der Waals surface area contributed by atoms with Crippen LogP contribution in [-0.2, 0) is 30.4 Å². The van der Waals surface area contributed by atoms with E-state index in [0.29, 0.717) is 42.6 Å². The molecule has 0 aromatic carbocycles. The number of nitrogens with zero attached hydrogens (tertiary/aromatic N) is 2. The van der Waals surface area contributed by atoms with Gasteiger partial charge in [0.1, 0.15) is 6.10 Å². The molecule has 1 aromatic heterocycles. The number of fused-ring (bicyclic) bond motifs is 7. The van der Waals surface area contributed by atoms with Crippen molar-refractivity contribution < 1.29 is 29.0 Å². The summed E-state index contributed by atoms with van der Waals surface area (Å²) in [4.78, 5) is 45.7. The number of amides is 1. The van der Waals surface area contributed by atoms with Crippen LogP contribution in [0, 0.1) is 62.1 Å². The fraction of sp³-hybridized carbons (Fsp3) is 0.792. The second-order valence-electron chi connectivity index (χ2n) is 21.9. The van der Waals surface area contributed by atoms with Gasteiger partial charge in [-0.2, -0.15) is 0 Å². The maximum atomic E-state index is 14.0. The van der Waals surface area contributed by atoms with E-state index in [-0.39, 0.29) is 57.9 Å². The lowest BCUT2D eigenvalue weighted by molar-refractivity contribution is -0.250. The standard InChI is InChI=1S/C48H73N3O6/c1-31(2)34-14-19-48(26-39(52)50-29-32-10-11-33(30-49-32)51-22-24-56-25-23-51)21-20-46(8)35(42(34)48)12-13-37-45(7)17-16-38(44(5,6)36(45)15-18-47(37,46)9)57-41(55)28-43(3,4)27-40(53)54/h10-11,30,34-38,42H,1,12-29H2,2-9H3,(H,50,52)(H,53,54)/t34-,35+,36-,37+,38-,42+,45-,46+,47+,48+/m0/s1. The lowest BCUT2D eigenvalue weighted by Crippen LogP contribution is -2.67. The zero-order valence-corrected chi connectivity index (χ0v) is 36.5. The molecule has 1 amide bonds. The predicted octanol–water partition coefficient (Wildman–Crippen LogP) is 9.38. The number of carbonyl (C=O) groups is 3. The zero-order chi connectivity index (χ0) is 41.2. The van der Waals surface area contributed by atoms with Crippen molar-refractivity contribution in [2.45, 2.75) is 152 Å². The molecular formula is C48H73N3O6. The summed E-state index contributed by atoms with van der Waals surface area (Å²) in [6.45, 7) is 26.7. The number of carbonyl (C=O) groups excluding carboxylic acids is 2. The van der Waals surface area contributed by atoms with Crippen molar-refractivity contribution in [1.29, 1.82) is 0 Å². The van der Waals surface area contributed by atoms with Crippen LogP contribution < -0.4 is 10.2 Å². The van der Waals surface area contributed by atoms with Crippen molar-refractivity contribution in [2.75, 3.05) is 31.2 Å². The number of pyridine rings is 1. The molecule has 5 saturated carbocycles. The number of morpholine rings is 1. The van der Waals surface area contributed by atoms with E-state index >= 15 is 0 Å². The van der Waals surface area contributed by atoms with E-state index < -0.39 is 11.4 Å². The number of ether oxygens (including phenoxy) is 2. The van der Waals surface area contributed by atoms with Gasteiger partial charge in [-0.1, -0.05) is 60.6 Å². The fourth-order valence-electron chi connectivity index (χ4n) is 14.9. The SMILES string of the molecule is C=C(C)[C@@H]1CC[C@]2(CC(=O)NCc3ccc(N4CCOCC4)cn3)CC[C@]3(C)[C@H](CC[C@@H]4[C@@]5(C)CC[C@H](OC(=O)CC(C)(C)CC(=O)O)C(C)(C)[C@@H]5CC[C@]43C)[C@@H]12. The van der Waals surface area contributed by atoms with Crippen molar-refractivity contribution in [3.63, 3.8) is 0 Å². The monoisotopic (exact) mass is 788 g/mol. The Morgan fingerprint density at radius 1 is 0.930 bits per heavy atom. The van der Waals surface area contributed by atoms with Gasteiger partial charge in [0.25, 0.3) is 0 Å². The minimum absolute atomic E-state index is 0.00123. The summed E-state index contributed by atoms with van der Waals surface area (Å²) >= 11 is 0. The molecule has 9 nitrogen and oxygen atoms in total. The van der Waals surface area contributed by atoms with Gasteiger partial charge in [-0.15, -0.1) is 0 Å². The highest BCUT2D eigenvalue weighted by Gasteiger charge is 2.71. The number of aromatic nitrogens is 1. The van der Waals surface area contributed by atoms with Gasteiger partial charge >= 0.3 is 11.9 Å². The van der Waals surface area contributed by atoms with Crippen molar-refractivity contribution in [1.82, 2.24) is 10.3 Å². The number of esters is 1. The van der Waals surface area contributed by atoms with Crippen molar-refractivity contribution in [3.8, 4) is 0 Å². The van der Waals surface area contributed by atoms with Crippen LogP contribution >= 0.6 is 0 Å². The number of rotatable bonds is 11. The lowest BCUT2D eigenvalue weighted by atomic mass is 9.32. The molecular weight excluding hydrogens is 715 g/mol. The number of nitrogens with one attached hydrogen (secondary N) is 1. The Balaban J connectivity index is 1.05. The Hall–Kier alpha value is -2.94. The Kier molecular flexibility index (Phi) is 11.3. The number of hydrogen-bond acceptors (Lipinski definition) is 7. The average Bonchev–Trinajstić information content (AvgIpc) is 3.51. The Labute approximate surface area is 342 Å². The summed E-state index contributed by atoms with van der Waals surface area (Å²) in [5, 5.41) is 12.7. The normalized spacial score (nSPS) is 38.5. The first kappa shape index (κ1) is 42.2. The van der Waals surface area contributed by atoms with Gasteiger partial charge in [0.05, 0.1) is 50.2 Å². The number of allylic oxidation sites excluding steroid dienone is 1. The molecule has 1 saturated heterocycles. The number of carboxylic acids is 1. The molecule has 0 radical (unpaired) electrons. The third-order valence-corrected chi connectivity index (χ3v) is 17.9. The molecule has 6 aliphatic rings. The molecule has 1 aromatic rings. The van der Waals surface area contributed by atoms with Gasteiger partial charge < -0.3 is 24.8 Å². The molecule has 316 valence electrons. The van der Waals surface area contributed by atoms with Crippen molar-refractivity contribution >= 4 is 23.5 Å². The summed E-state index contributed by atoms with van der Waals surface area (Å²) < 4.78 is 11.8. The Morgan fingerprint density at radius 3 is 2.33 bits per heavy atom. The minimum atomic E-state index is -0.886. The van der Waals surface area contributed by atoms with Crippen LogP contribution in [0.3, 0.4) is 0 Å². The number of carboxylic acid groups (broad SMARTS) is 1. The minimum Gasteiger partial charge on any atom is -0.481 e. The highest BCUT2D eigenvalue weighted by molar-refractivity contribution is 5.77. The molecule has 0 unspecified atom stereocenters. The van der Waals surface area contributed by atoms with Crippen LogP contribution in [0.5, 0.6) is 0 Å². The van der Waals surface area contributed by atoms with E-state index in [0.717, 1.165) is 76.2 Å². The number of anilines is 1. The van der Waals surface area contributed by atoms with Gasteiger partial charge in [-0.25, -0.2) is 0 Å². The average molecular weight is 788 g/mol. The highest BCUT2D eigenvalue weighted by atomic mass is 16.5. The number of aliphatic carboxylic acids is 1. The van der Waals surface area contributed by atoms with E-state index in [1.807, 2.05) is 26.1 Å². The molecule has 6 fully saturated rings. The molecule has 7 rings (SSSR count). The molecule has 2 N–H and O–H groups in total. The van der Waals surface area contributed by atoms with Crippen molar-refractivity contribution in [2.24, 2.45) is 62.1 Å². The molecule has 1 aliphatic heterocycles. The lowest BCUT2D eigenvalue weighted by Gasteiger charge is -2.73. The second kappa shape index (κ2) is 15.3. The Morgan fingerprint density at radius 2 is 1.67 bits per heavy atom. The van der Waals surface area contributed by atoms with E-state index in [1.165, 1.54) is 31.3 Å². The third kappa shape index (κ3) is 7.47.